The molecule has 0 aliphatic heterocycles. The van der Waals surface area contributed by atoms with Crippen LogP contribution in [0.1, 0.15) is 5.56 Å². The zero-order valence-electron chi connectivity index (χ0n) is 16.4. The molecular weight excluding hydrogens is 507 g/mol. The first-order chi connectivity index (χ1) is 11.6. The molecule has 3 rings (SSSR count). The summed E-state index contributed by atoms with van der Waals surface area (Å²) < 4.78 is 3.53. The van der Waals surface area contributed by atoms with Crippen LogP contribution in [-0.4, -0.2) is 16.8 Å². The van der Waals surface area contributed by atoms with Crippen molar-refractivity contribution in [2.24, 2.45) is 24.3 Å². The summed E-state index contributed by atoms with van der Waals surface area (Å²) in [5.74, 6) is 0.572. The van der Waals surface area contributed by atoms with Gasteiger partial charge in [0.1, 0.15) is 0 Å². The molecule has 0 radical (unpaired) electrons. The summed E-state index contributed by atoms with van der Waals surface area (Å²) in [6, 6.07) is 18.4. The van der Waals surface area contributed by atoms with Gasteiger partial charge in [0.05, 0.1) is 19.8 Å². The van der Waals surface area contributed by atoms with Gasteiger partial charge in [-0.1, -0.05) is 35.4 Å². The average Bonchev–Trinajstić information content (AvgIpc) is 2.92. The van der Waals surface area contributed by atoms with E-state index in [4.69, 9.17) is 0 Å². The molecule has 0 aliphatic rings. The van der Waals surface area contributed by atoms with Gasteiger partial charge in [0.15, 0.2) is 6.33 Å². The molecule has 0 saturated carbocycles. The van der Waals surface area contributed by atoms with E-state index in [0.717, 1.165) is 17.9 Å². The first kappa shape index (κ1) is 32.4. The summed E-state index contributed by atoms with van der Waals surface area (Å²) in [6.07, 6.45) is 1.84. The van der Waals surface area contributed by atoms with Crippen molar-refractivity contribution in [3.63, 3.8) is 0 Å². The zero-order valence-corrected chi connectivity index (χ0v) is 22.4. The van der Waals surface area contributed by atoms with Crippen LogP contribution in [-0.2, 0) is 40.1 Å². The fourth-order valence-corrected chi connectivity index (χ4v) is 2.46. The van der Waals surface area contributed by atoms with Crippen LogP contribution in [0.5, 0.6) is 0 Å². The maximum absolute atomic E-state index is 4.24. The van der Waals surface area contributed by atoms with Gasteiger partial charge < -0.3 is 54.5 Å². The molecule has 3 aromatic rings. The Kier molecular flexibility index (Phi) is 17.4. The van der Waals surface area contributed by atoms with Crippen LogP contribution in [0, 0.1) is 0 Å². The van der Waals surface area contributed by atoms with E-state index in [9.17, 15) is 0 Å². The molecule has 0 amide bonds. The molecule has 0 unspecified atom stereocenters. The summed E-state index contributed by atoms with van der Waals surface area (Å²) in [5, 5.41) is 12.7. The van der Waals surface area contributed by atoms with Gasteiger partial charge in [-0.2, -0.15) is 0 Å². The smallest absolute Gasteiger partial charge is 1.00 e. The Morgan fingerprint density at radius 1 is 0.931 bits per heavy atom. The Hall–Kier alpha value is -1.24. The minimum Gasteiger partial charge on any atom is -1.00 e. The summed E-state index contributed by atoms with van der Waals surface area (Å²) in [7, 11) is 5.83. The normalized spacial score (nSPS) is 9.21. The Labute approximate surface area is 209 Å². The largest absolute Gasteiger partial charge is 2.00 e. The van der Waals surface area contributed by atoms with Crippen LogP contribution in [0.2, 0.25) is 0 Å². The maximum Gasteiger partial charge on any atom is 2.00 e. The second-order valence-electron chi connectivity index (χ2n) is 5.76. The predicted octanol–water partition coefficient (Wildman–Crippen LogP) is -8.69. The molecular formula is C18H21Cl4N6Zn-. The number of nitrogens with zero attached hydrogens (tertiary/aromatic N) is 6. The van der Waals surface area contributed by atoms with Gasteiger partial charge in [0.2, 0.25) is 0 Å². The quantitative estimate of drug-likeness (QED) is 0.188. The third-order valence-corrected chi connectivity index (χ3v) is 3.71. The monoisotopic (exact) mass is 525 g/mol. The van der Waals surface area contributed by atoms with Gasteiger partial charge in [-0.05, 0) is 29.8 Å². The molecule has 1 heterocycles. The zero-order chi connectivity index (χ0) is 16.9. The minimum atomic E-state index is 0. The summed E-state index contributed by atoms with van der Waals surface area (Å²) in [4.78, 5) is 2.20. The summed E-state index contributed by atoms with van der Waals surface area (Å²) in [5.41, 5.74) is 3.23. The fourth-order valence-electron chi connectivity index (χ4n) is 2.46. The Bertz CT molecular complexity index is 843. The number of halogens is 4. The van der Waals surface area contributed by atoms with Crippen LogP contribution >= 0.6 is 0 Å². The van der Waals surface area contributed by atoms with E-state index >= 15 is 0 Å². The number of benzene rings is 2. The van der Waals surface area contributed by atoms with E-state index in [1.54, 1.807) is 4.68 Å². The number of aryl methyl sites for hydroxylation is 2. The van der Waals surface area contributed by atoms with E-state index in [2.05, 4.69) is 63.7 Å². The van der Waals surface area contributed by atoms with Crippen molar-refractivity contribution in [2.45, 2.75) is 6.54 Å². The van der Waals surface area contributed by atoms with Crippen LogP contribution in [0.4, 0.5) is 17.3 Å². The predicted molar refractivity (Wildman–Crippen MR) is 93.6 cm³/mol. The molecule has 154 valence electrons. The first-order valence-corrected chi connectivity index (χ1v) is 7.78. The third kappa shape index (κ3) is 9.41. The van der Waals surface area contributed by atoms with Gasteiger partial charge in [-0.3, -0.25) is 0 Å². The van der Waals surface area contributed by atoms with Crippen molar-refractivity contribution >= 4 is 17.3 Å². The van der Waals surface area contributed by atoms with Crippen LogP contribution in [0.25, 0.3) is 0 Å². The van der Waals surface area contributed by atoms with E-state index in [-0.39, 0.29) is 69.1 Å². The Morgan fingerprint density at radius 2 is 1.52 bits per heavy atom. The van der Waals surface area contributed by atoms with Gasteiger partial charge in [-0.25, -0.2) is 4.57 Å². The molecule has 0 atom stereocenters. The number of anilines is 1. The van der Waals surface area contributed by atoms with E-state index in [1.807, 2.05) is 43.2 Å². The van der Waals surface area contributed by atoms with Crippen LogP contribution in [0.15, 0.2) is 71.2 Å². The summed E-state index contributed by atoms with van der Waals surface area (Å²) in [6.45, 7) is 0.867. The van der Waals surface area contributed by atoms with Crippen molar-refractivity contribution in [3.8, 4) is 0 Å². The molecule has 0 spiro atoms. The molecule has 0 fully saturated rings. The summed E-state index contributed by atoms with van der Waals surface area (Å²) >= 11 is 0. The van der Waals surface area contributed by atoms with Crippen molar-refractivity contribution in [2.75, 3.05) is 11.9 Å². The van der Waals surface area contributed by atoms with Crippen molar-refractivity contribution in [1.29, 1.82) is 0 Å². The van der Waals surface area contributed by atoms with Gasteiger partial charge in [0.25, 0.3) is 0 Å². The number of hydrogen-bond donors (Lipinski definition) is 0. The fraction of sp³-hybridized carbons (Fsp3) is 0.222. The van der Waals surface area contributed by atoms with Crippen molar-refractivity contribution in [1.82, 2.24) is 9.78 Å². The van der Waals surface area contributed by atoms with E-state index < -0.39 is 0 Å². The molecule has 29 heavy (non-hydrogen) atoms. The molecule has 0 N–H and O–H groups in total. The van der Waals surface area contributed by atoms with Crippen molar-refractivity contribution < 1.29 is 73.7 Å². The van der Waals surface area contributed by atoms with Gasteiger partial charge >= 0.3 is 25.4 Å². The van der Waals surface area contributed by atoms with E-state index in [0.29, 0.717) is 5.95 Å². The van der Waals surface area contributed by atoms with Gasteiger partial charge in [0, 0.05) is 29.5 Å². The average molecular weight is 529 g/mol. The van der Waals surface area contributed by atoms with Crippen LogP contribution in [0.3, 0.4) is 0 Å². The standard InChI is InChI=1S/C18H21N6.4ClH.Zn/c1-22(13-15-7-5-4-6-8-15)17-11-9-16(10-12-17)19-20-18-21-24(3)14-23(18)2;;;;;/h4-12,14H,13H2,1-3H3;4*1H;/q+1;;;;;+2/p-4. The molecule has 0 saturated heterocycles. The SMILES string of the molecule is CN(Cc1ccccc1)c1ccc(N=Nc2nn(C)c[n+]2C)cc1.[Cl-].[Cl-].[Cl-].[Cl-].[Zn+2]. The van der Waals surface area contributed by atoms with Gasteiger partial charge in [-0.15, -0.1) is 4.68 Å². The maximum atomic E-state index is 4.24. The van der Waals surface area contributed by atoms with Crippen molar-refractivity contribution in [3.05, 3.63) is 66.5 Å². The topological polar surface area (TPSA) is 49.7 Å². The van der Waals surface area contributed by atoms with Crippen LogP contribution < -0.4 is 59.1 Å². The number of rotatable bonds is 5. The molecule has 2 aromatic carbocycles. The second-order valence-corrected chi connectivity index (χ2v) is 5.76. The minimum absolute atomic E-state index is 0. The molecule has 0 bridgehead atoms. The van der Waals surface area contributed by atoms with E-state index in [1.165, 1.54) is 5.56 Å². The Balaban J connectivity index is -0.00000135. The molecule has 6 nitrogen and oxygen atoms in total. The number of hydrogen-bond acceptors (Lipinski definition) is 4. The third-order valence-electron chi connectivity index (χ3n) is 3.71. The number of azo groups is 1. The first-order valence-electron chi connectivity index (χ1n) is 7.78. The second kappa shape index (κ2) is 15.6. The molecule has 1 aromatic heterocycles. The molecule has 0 aliphatic carbocycles. The molecule has 11 heteroatoms. The number of aromatic nitrogens is 3. The Morgan fingerprint density at radius 3 is 2.03 bits per heavy atom.